The number of fused-ring (bicyclic) bond motifs is 1. The van der Waals surface area contributed by atoms with Gasteiger partial charge in [-0.15, -0.1) is 0 Å². The topological polar surface area (TPSA) is 58.6 Å². The average molecular weight is 324 g/mol. The summed E-state index contributed by atoms with van der Waals surface area (Å²) in [6, 6.07) is 17.4. The third-order valence-corrected chi connectivity index (χ3v) is 3.95. The number of para-hydroxylation sites is 2. The SMILES string of the molecule is O=C(CCN1C(=O)COc2ccccc21)NCCc1ccccc1. The van der Waals surface area contributed by atoms with Gasteiger partial charge in [0.1, 0.15) is 5.75 Å². The summed E-state index contributed by atoms with van der Waals surface area (Å²) < 4.78 is 5.39. The number of hydrogen-bond acceptors (Lipinski definition) is 3. The lowest BCUT2D eigenvalue weighted by atomic mass is 10.1. The molecule has 1 aliphatic rings. The van der Waals surface area contributed by atoms with Crippen molar-refractivity contribution in [3.05, 3.63) is 60.2 Å². The fourth-order valence-electron chi connectivity index (χ4n) is 2.69. The molecule has 2 aromatic rings. The number of hydrogen-bond donors (Lipinski definition) is 1. The average Bonchev–Trinajstić information content (AvgIpc) is 2.62. The Kier molecular flexibility index (Phi) is 5.11. The molecule has 1 aliphatic heterocycles. The summed E-state index contributed by atoms with van der Waals surface area (Å²) in [6.45, 7) is 0.972. The molecule has 0 aromatic heterocycles. The van der Waals surface area contributed by atoms with Crippen molar-refractivity contribution in [2.45, 2.75) is 12.8 Å². The van der Waals surface area contributed by atoms with E-state index >= 15 is 0 Å². The van der Waals surface area contributed by atoms with Gasteiger partial charge in [-0.2, -0.15) is 0 Å². The van der Waals surface area contributed by atoms with Gasteiger partial charge in [0, 0.05) is 19.5 Å². The molecule has 0 bridgehead atoms. The highest BCUT2D eigenvalue weighted by Gasteiger charge is 2.25. The van der Waals surface area contributed by atoms with Crippen molar-refractivity contribution in [1.29, 1.82) is 0 Å². The van der Waals surface area contributed by atoms with Crippen molar-refractivity contribution >= 4 is 17.5 Å². The predicted octanol–water partition coefficient (Wildman–Crippen LogP) is 2.16. The summed E-state index contributed by atoms with van der Waals surface area (Å²) in [5.74, 6) is 0.509. The number of amides is 2. The number of nitrogens with zero attached hydrogens (tertiary/aromatic N) is 1. The normalized spacial score (nSPS) is 13.2. The van der Waals surface area contributed by atoms with Crippen molar-refractivity contribution < 1.29 is 14.3 Å². The summed E-state index contributed by atoms with van der Waals surface area (Å²) in [7, 11) is 0. The van der Waals surface area contributed by atoms with Crippen LogP contribution in [0.4, 0.5) is 5.69 Å². The molecule has 0 saturated heterocycles. The molecule has 124 valence electrons. The highest BCUT2D eigenvalue weighted by atomic mass is 16.5. The largest absolute Gasteiger partial charge is 0.482 e. The quantitative estimate of drug-likeness (QED) is 0.886. The zero-order valence-electron chi connectivity index (χ0n) is 13.4. The lowest BCUT2D eigenvalue weighted by Crippen LogP contribution is -2.41. The van der Waals surface area contributed by atoms with E-state index in [9.17, 15) is 9.59 Å². The molecule has 0 fully saturated rings. The molecule has 0 unspecified atom stereocenters. The van der Waals surface area contributed by atoms with Crippen molar-refractivity contribution in [3.8, 4) is 5.75 Å². The third kappa shape index (κ3) is 3.93. The Balaban J connectivity index is 1.48. The fourth-order valence-corrected chi connectivity index (χ4v) is 2.69. The Morgan fingerprint density at radius 1 is 1.08 bits per heavy atom. The summed E-state index contributed by atoms with van der Waals surface area (Å²) in [5.41, 5.74) is 1.92. The van der Waals surface area contributed by atoms with Crippen LogP contribution in [0.1, 0.15) is 12.0 Å². The first-order valence-electron chi connectivity index (χ1n) is 8.07. The Bertz CT molecular complexity index is 716. The second-order valence-electron chi connectivity index (χ2n) is 5.64. The second-order valence-corrected chi connectivity index (χ2v) is 5.64. The number of rotatable bonds is 6. The van der Waals surface area contributed by atoms with Crippen LogP contribution in [0.3, 0.4) is 0 Å². The Morgan fingerprint density at radius 3 is 2.67 bits per heavy atom. The molecule has 0 radical (unpaired) electrons. The molecule has 2 amide bonds. The number of anilines is 1. The first-order chi connectivity index (χ1) is 11.7. The van der Waals surface area contributed by atoms with Gasteiger partial charge >= 0.3 is 0 Å². The molecule has 1 N–H and O–H groups in total. The van der Waals surface area contributed by atoms with Crippen LogP contribution < -0.4 is 15.0 Å². The molecule has 5 nitrogen and oxygen atoms in total. The van der Waals surface area contributed by atoms with E-state index < -0.39 is 0 Å². The van der Waals surface area contributed by atoms with Crippen molar-refractivity contribution in [2.24, 2.45) is 0 Å². The molecule has 0 aliphatic carbocycles. The molecular weight excluding hydrogens is 304 g/mol. The third-order valence-electron chi connectivity index (χ3n) is 3.95. The summed E-state index contributed by atoms with van der Waals surface area (Å²) in [5, 5.41) is 2.90. The van der Waals surface area contributed by atoms with Gasteiger partial charge < -0.3 is 15.0 Å². The lowest BCUT2D eigenvalue weighted by Gasteiger charge is -2.29. The molecule has 3 rings (SSSR count). The number of carbonyl (C=O) groups excluding carboxylic acids is 2. The van der Waals surface area contributed by atoms with E-state index in [-0.39, 0.29) is 24.8 Å². The van der Waals surface area contributed by atoms with E-state index in [0.29, 0.717) is 18.8 Å². The maximum absolute atomic E-state index is 12.0. The molecule has 0 atom stereocenters. The lowest BCUT2D eigenvalue weighted by molar-refractivity contribution is -0.122. The minimum Gasteiger partial charge on any atom is -0.482 e. The molecule has 0 spiro atoms. The summed E-state index contributed by atoms with van der Waals surface area (Å²) in [6.07, 6.45) is 1.07. The molecule has 5 heteroatoms. The standard InChI is InChI=1S/C19H20N2O3/c22-18(20-12-10-15-6-2-1-3-7-15)11-13-21-16-8-4-5-9-17(16)24-14-19(21)23/h1-9H,10-14H2,(H,20,22). The smallest absolute Gasteiger partial charge is 0.265 e. The first-order valence-corrected chi connectivity index (χ1v) is 8.07. The number of carbonyl (C=O) groups is 2. The number of nitrogens with one attached hydrogen (secondary N) is 1. The highest BCUT2D eigenvalue weighted by molar-refractivity contribution is 5.98. The van der Waals surface area contributed by atoms with Gasteiger partial charge in [-0.25, -0.2) is 0 Å². The second kappa shape index (κ2) is 7.64. The van der Waals surface area contributed by atoms with Gasteiger partial charge in [-0.05, 0) is 24.1 Å². The number of ether oxygens (including phenoxy) is 1. The van der Waals surface area contributed by atoms with Crippen molar-refractivity contribution in [2.75, 3.05) is 24.6 Å². The minimum absolute atomic E-state index is 0.0205. The molecule has 24 heavy (non-hydrogen) atoms. The van der Waals surface area contributed by atoms with E-state index in [0.717, 1.165) is 12.1 Å². The van der Waals surface area contributed by atoms with Gasteiger partial charge in [0.15, 0.2) is 6.61 Å². The van der Waals surface area contributed by atoms with E-state index in [1.165, 1.54) is 5.56 Å². The Hall–Kier alpha value is -2.82. The molecule has 2 aromatic carbocycles. The minimum atomic E-state index is -0.120. The zero-order chi connectivity index (χ0) is 16.8. The Morgan fingerprint density at radius 2 is 1.83 bits per heavy atom. The van der Waals surface area contributed by atoms with Gasteiger partial charge in [0.25, 0.3) is 5.91 Å². The van der Waals surface area contributed by atoms with Crippen molar-refractivity contribution in [1.82, 2.24) is 5.32 Å². The molecular formula is C19H20N2O3. The van der Waals surface area contributed by atoms with E-state index in [4.69, 9.17) is 4.74 Å². The van der Waals surface area contributed by atoms with Gasteiger partial charge in [0.05, 0.1) is 5.69 Å². The predicted molar refractivity (Wildman–Crippen MR) is 92.1 cm³/mol. The van der Waals surface area contributed by atoms with E-state index in [1.54, 1.807) is 4.90 Å². The molecule has 0 saturated carbocycles. The van der Waals surface area contributed by atoms with Gasteiger partial charge in [-0.1, -0.05) is 42.5 Å². The maximum Gasteiger partial charge on any atom is 0.265 e. The van der Waals surface area contributed by atoms with E-state index in [2.05, 4.69) is 5.32 Å². The van der Waals surface area contributed by atoms with Gasteiger partial charge in [-0.3, -0.25) is 9.59 Å². The van der Waals surface area contributed by atoms with Crippen LogP contribution >= 0.6 is 0 Å². The zero-order valence-corrected chi connectivity index (χ0v) is 13.4. The van der Waals surface area contributed by atoms with Gasteiger partial charge in [0.2, 0.25) is 5.91 Å². The number of benzene rings is 2. The maximum atomic E-state index is 12.0. The summed E-state index contributed by atoms with van der Waals surface area (Å²) >= 11 is 0. The van der Waals surface area contributed by atoms with Crippen LogP contribution in [0, 0.1) is 0 Å². The highest BCUT2D eigenvalue weighted by Crippen LogP contribution is 2.31. The monoisotopic (exact) mass is 324 g/mol. The van der Waals surface area contributed by atoms with E-state index in [1.807, 2.05) is 54.6 Å². The fraction of sp³-hybridized carbons (Fsp3) is 0.263. The van der Waals surface area contributed by atoms with Crippen LogP contribution in [0.25, 0.3) is 0 Å². The molecule has 1 heterocycles. The van der Waals surface area contributed by atoms with Crippen LogP contribution in [0.2, 0.25) is 0 Å². The first kappa shape index (κ1) is 16.1. The van der Waals surface area contributed by atoms with Crippen LogP contribution in [-0.4, -0.2) is 31.5 Å². The summed E-state index contributed by atoms with van der Waals surface area (Å²) in [4.78, 5) is 25.7. The van der Waals surface area contributed by atoms with Crippen LogP contribution in [0.15, 0.2) is 54.6 Å². The Labute approximate surface area is 141 Å². The van der Waals surface area contributed by atoms with Crippen molar-refractivity contribution in [3.63, 3.8) is 0 Å². The van der Waals surface area contributed by atoms with Crippen LogP contribution in [0.5, 0.6) is 5.75 Å². The van der Waals surface area contributed by atoms with Crippen LogP contribution in [-0.2, 0) is 16.0 Å².